The highest BCUT2D eigenvalue weighted by Gasteiger charge is 2.15. The second kappa shape index (κ2) is 9.79. The number of aromatic nitrogens is 2. The third-order valence-electron chi connectivity index (χ3n) is 4.62. The van der Waals surface area contributed by atoms with Gasteiger partial charge in [-0.2, -0.15) is 0 Å². The summed E-state index contributed by atoms with van der Waals surface area (Å²) in [7, 11) is 0. The van der Waals surface area contributed by atoms with Gasteiger partial charge >= 0.3 is 0 Å². The third kappa shape index (κ3) is 4.84. The number of pyridine rings is 2. The Morgan fingerprint density at radius 1 is 0.500 bits per heavy atom. The van der Waals surface area contributed by atoms with E-state index >= 15 is 0 Å². The van der Waals surface area contributed by atoms with Gasteiger partial charge < -0.3 is 0 Å². The van der Waals surface area contributed by atoms with Gasteiger partial charge in [-0.25, -0.2) is 0 Å². The van der Waals surface area contributed by atoms with Gasteiger partial charge in [-0.05, 0) is 43.0 Å². The number of benzene rings is 2. The molecule has 0 spiro atoms. The molecule has 2 nitrogen and oxygen atoms in total. The van der Waals surface area contributed by atoms with Crippen molar-refractivity contribution in [1.82, 2.24) is 9.97 Å². The molecule has 0 amide bonds. The molecule has 0 N–H and O–H groups in total. The Kier molecular flexibility index (Phi) is 6.67. The van der Waals surface area contributed by atoms with E-state index in [0.717, 1.165) is 42.3 Å². The molecule has 0 saturated carbocycles. The highest BCUT2D eigenvalue weighted by Crippen LogP contribution is 2.39. The first-order chi connectivity index (χ1) is 14.7. The maximum Gasteiger partial charge on any atom is 0.0443 e. The molecule has 146 valence electrons. The van der Waals surface area contributed by atoms with Crippen LogP contribution in [0.5, 0.6) is 0 Å². The van der Waals surface area contributed by atoms with E-state index in [1.54, 1.807) is 0 Å². The van der Waals surface area contributed by atoms with Crippen molar-refractivity contribution in [3.05, 3.63) is 117 Å². The van der Waals surface area contributed by atoms with Crippen molar-refractivity contribution in [2.45, 2.75) is 0 Å². The average molecular weight is 518 g/mol. The summed E-state index contributed by atoms with van der Waals surface area (Å²) in [4.78, 5) is 8.78. The molecule has 4 rings (SSSR count). The van der Waals surface area contributed by atoms with Gasteiger partial charge in [0.1, 0.15) is 0 Å². The summed E-state index contributed by atoms with van der Waals surface area (Å²) in [6, 6.07) is 20.5. The van der Waals surface area contributed by atoms with Gasteiger partial charge in [0.15, 0.2) is 0 Å². The number of hydrogen-bond donors (Lipinski definition) is 0. The zero-order valence-corrected chi connectivity index (χ0v) is 19.2. The van der Waals surface area contributed by atoms with Crippen LogP contribution in [0.1, 0.15) is 22.3 Å². The standard InChI is InChI=1S/C26H18Br2N2/c27-23-17-29-15-21(13-11-19-7-3-1-4-8-19)25(23)26-22(16-30-18-24(26)28)14-12-20-9-5-2-6-10-20/h1-18H/b13-11+,14-12+. The van der Waals surface area contributed by atoms with Crippen molar-refractivity contribution in [1.29, 1.82) is 0 Å². The number of nitrogens with zero attached hydrogens (tertiary/aromatic N) is 2. The zero-order valence-electron chi connectivity index (χ0n) is 16.0. The van der Waals surface area contributed by atoms with Crippen molar-refractivity contribution >= 4 is 56.2 Å². The van der Waals surface area contributed by atoms with Gasteiger partial charge in [-0.3, -0.25) is 9.97 Å². The molecule has 0 aliphatic carbocycles. The van der Waals surface area contributed by atoms with Gasteiger partial charge in [0.25, 0.3) is 0 Å². The molecule has 0 bridgehead atoms. The summed E-state index contributed by atoms with van der Waals surface area (Å²) < 4.78 is 1.86. The Morgan fingerprint density at radius 2 is 0.900 bits per heavy atom. The molecule has 2 aromatic carbocycles. The third-order valence-corrected chi connectivity index (χ3v) is 5.82. The van der Waals surface area contributed by atoms with E-state index in [4.69, 9.17) is 0 Å². The number of hydrogen-bond acceptors (Lipinski definition) is 2. The van der Waals surface area contributed by atoms with Crippen LogP contribution >= 0.6 is 31.9 Å². The minimum Gasteiger partial charge on any atom is -0.263 e. The van der Waals surface area contributed by atoms with Gasteiger partial charge in [0.05, 0.1) is 0 Å². The molecule has 2 aromatic heterocycles. The van der Waals surface area contributed by atoms with Gasteiger partial charge in [-0.15, -0.1) is 0 Å². The summed E-state index contributed by atoms with van der Waals surface area (Å²) in [5.74, 6) is 0. The van der Waals surface area contributed by atoms with Crippen LogP contribution in [-0.4, -0.2) is 9.97 Å². The van der Waals surface area contributed by atoms with Crippen LogP contribution < -0.4 is 0 Å². The van der Waals surface area contributed by atoms with Crippen molar-refractivity contribution in [3.8, 4) is 11.1 Å². The SMILES string of the molecule is Brc1cncc(/C=C/c2ccccc2)c1-c1c(Br)cncc1/C=C/c1ccccc1. The second-order valence-electron chi connectivity index (χ2n) is 6.66. The van der Waals surface area contributed by atoms with Crippen molar-refractivity contribution < 1.29 is 0 Å². The Morgan fingerprint density at radius 3 is 1.30 bits per heavy atom. The normalized spacial score (nSPS) is 11.4. The summed E-state index contributed by atoms with van der Waals surface area (Å²) >= 11 is 7.43. The molecule has 0 aliphatic heterocycles. The minimum absolute atomic E-state index is 0.930. The van der Waals surface area contributed by atoms with Crippen LogP contribution in [0.15, 0.2) is 94.4 Å². The van der Waals surface area contributed by atoms with E-state index in [0.29, 0.717) is 0 Å². The average Bonchev–Trinajstić information content (AvgIpc) is 2.78. The zero-order chi connectivity index (χ0) is 20.8. The van der Waals surface area contributed by atoms with E-state index in [-0.39, 0.29) is 0 Å². The van der Waals surface area contributed by atoms with E-state index in [2.05, 4.69) is 90.4 Å². The molecule has 0 radical (unpaired) electrons. The van der Waals surface area contributed by atoms with E-state index < -0.39 is 0 Å². The maximum absolute atomic E-state index is 4.39. The molecule has 30 heavy (non-hydrogen) atoms. The Labute approximate surface area is 193 Å². The van der Waals surface area contributed by atoms with E-state index in [1.165, 1.54) is 0 Å². The quantitative estimate of drug-likeness (QED) is 0.268. The first-order valence-corrected chi connectivity index (χ1v) is 11.0. The topological polar surface area (TPSA) is 25.8 Å². The van der Waals surface area contributed by atoms with Crippen LogP contribution in [0.3, 0.4) is 0 Å². The Balaban J connectivity index is 1.81. The molecule has 2 heterocycles. The van der Waals surface area contributed by atoms with Gasteiger partial charge in [0.2, 0.25) is 0 Å². The van der Waals surface area contributed by atoms with Crippen LogP contribution in [0, 0.1) is 0 Å². The lowest BCUT2D eigenvalue weighted by atomic mass is 9.97. The molecule has 0 fully saturated rings. The predicted molar refractivity (Wildman–Crippen MR) is 134 cm³/mol. The van der Waals surface area contributed by atoms with Gasteiger partial charge in [-0.1, -0.05) is 85.0 Å². The van der Waals surface area contributed by atoms with Crippen LogP contribution in [0.4, 0.5) is 0 Å². The second-order valence-corrected chi connectivity index (χ2v) is 8.37. The van der Waals surface area contributed by atoms with Gasteiger partial charge in [0, 0.05) is 56.0 Å². The summed E-state index contributed by atoms with van der Waals surface area (Å²) in [5.41, 5.74) is 6.46. The van der Waals surface area contributed by atoms with Crippen LogP contribution in [0.2, 0.25) is 0 Å². The lowest BCUT2D eigenvalue weighted by Gasteiger charge is -2.13. The highest BCUT2D eigenvalue weighted by molar-refractivity contribution is 9.11. The first kappa shape index (κ1) is 20.5. The lowest BCUT2D eigenvalue weighted by Crippen LogP contribution is -1.93. The molecule has 4 aromatic rings. The number of rotatable bonds is 5. The lowest BCUT2D eigenvalue weighted by molar-refractivity contribution is 1.27. The molecule has 0 unspecified atom stereocenters. The molecular weight excluding hydrogens is 500 g/mol. The van der Waals surface area contributed by atoms with Crippen LogP contribution in [0.25, 0.3) is 35.4 Å². The highest BCUT2D eigenvalue weighted by atomic mass is 79.9. The fourth-order valence-corrected chi connectivity index (χ4v) is 4.27. The van der Waals surface area contributed by atoms with Crippen molar-refractivity contribution in [2.24, 2.45) is 0 Å². The Hall–Kier alpha value is -2.82. The molecule has 0 atom stereocenters. The van der Waals surface area contributed by atoms with Crippen molar-refractivity contribution in [3.63, 3.8) is 0 Å². The molecular formula is C26H18Br2N2. The van der Waals surface area contributed by atoms with Crippen molar-refractivity contribution in [2.75, 3.05) is 0 Å². The predicted octanol–water partition coefficient (Wildman–Crippen LogP) is 8.01. The van der Waals surface area contributed by atoms with E-state index in [1.807, 2.05) is 61.2 Å². The fourth-order valence-electron chi connectivity index (χ4n) is 3.18. The first-order valence-electron chi connectivity index (χ1n) is 9.46. The molecule has 4 heteroatoms. The summed E-state index contributed by atoms with van der Waals surface area (Å²) in [6.45, 7) is 0. The van der Waals surface area contributed by atoms with Crippen LogP contribution in [-0.2, 0) is 0 Å². The smallest absolute Gasteiger partial charge is 0.0443 e. The molecule has 0 saturated heterocycles. The number of halogens is 2. The minimum atomic E-state index is 0.930. The summed E-state index contributed by atoms with van der Waals surface area (Å²) in [5, 5.41) is 0. The fraction of sp³-hybridized carbons (Fsp3) is 0. The Bertz CT molecular complexity index is 1100. The monoisotopic (exact) mass is 516 g/mol. The maximum atomic E-state index is 4.39. The molecule has 0 aliphatic rings. The van der Waals surface area contributed by atoms with E-state index in [9.17, 15) is 0 Å². The largest absolute Gasteiger partial charge is 0.263 e. The summed E-state index contributed by atoms with van der Waals surface area (Å²) in [6.07, 6.45) is 15.8.